The van der Waals surface area contributed by atoms with E-state index < -0.39 is 0 Å². The van der Waals surface area contributed by atoms with Gasteiger partial charge in [-0.2, -0.15) is 0 Å². The van der Waals surface area contributed by atoms with Gasteiger partial charge in [0.1, 0.15) is 17.1 Å². The van der Waals surface area contributed by atoms with Crippen LogP contribution in [0.25, 0.3) is 11.0 Å². The van der Waals surface area contributed by atoms with Crippen molar-refractivity contribution in [2.45, 2.75) is 39.0 Å². The molecule has 0 bridgehead atoms. The molecule has 0 saturated carbocycles. The number of phenols is 1. The van der Waals surface area contributed by atoms with Crippen molar-refractivity contribution in [2.24, 2.45) is 0 Å². The number of aromatic hydroxyl groups is 1. The van der Waals surface area contributed by atoms with Crippen LogP contribution >= 0.6 is 0 Å². The highest BCUT2D eigenvalue weighted by molar-refractivity contribution is 5.94. The molecule has 1 aromatic carbocycles. The van der Waals surface area contributed by atoms with Gasteiger partial charge in [0.15, 0.2) is 0 Å². The van der Waals surface area contributed by atoms with E-state index >= 15 is 0 Å². The predicted molar refractivity (Wildman–Crippen MR) is 75.2 cm³/mol. The molecule has 0 fully saturated rings. The first-order valence-electron chi connectivity index (χ1n) is 6.92. The molecule has 0 saturated heterocycles. The van der Waals surface area contributed by atoms with Crippen molar-refractivity contribution in [3.05, 3.63) is 39.2 Å². The van der Waals surface area contributed by atoms with Crippen molar-refractivity contribution >= 4 is 16.8 Å². The molecule has 1 aliphatic carbocycles. The van der Waals surface area contributed by atoms with E-state index in [4.69, 9.17) is 4.42 Å². The zero-order valence-electron chi connectivity index (χ0n) is 11.4. The highest BCUT2D eigenvalue weighted by Crippen LogP contribution is 2.33. The number of fused-ring (bicyclic) bond motifs is 3. The summed E-state index contributed by atoms with van der Waals surface area (Å²) in [5.74, 6) is 0.196. The normalized spacial score (nSPS) is 14.6. The number of carbonyl (C=O) groups excluding carboxylic acids is 1. The lowest BCUT2D eigenvalue weighted by Gasteiger charge is -2.16. The van der Waals surface area contributed by atoms with Gasteiger partial charge in [-0.15, -0.1) is 0 Å². The number of ketones is 1. The molecular formula is C16H16O4. The van der Waals surface area contributed by atoms with Gasteiger partial charge in [0.25, 0.3) is 0 Å². The molecule has 104 valence electrons. The Labute approximate surface area is 116 Å². The molecule has 2 aromatic rings. The van der Waals surface area contributed by atoms with Gasteiger partial charge in [0.2, 0.25) is 0 Å². The number of carbonyl (C=O) groups is 1. The first kappa shape index (κ1) is 12.9. The molecule has 0 unspecified atom stereocenters. The van der Waals surface area contributed by atoms with Gasteiger partial charge < -0.3 is 9.52 Å². The number of hydrogen-bond acceptors (Lipinski definition) is 4. The second-order valence-electron chi connectivity index (χ2n) is 5.30. The van der Waals surface area contributed by atoms with Crippen LogP contribution < -0.4 is 5.63 Å². The number of aryl methyl sites for hydroxylation is 1. The van der Waals surface area contributed by atoms with Crippen molar-refractivity contribution in [1.29, 1.82) is 0 Å². The third-order valence-corrected chi connectivity index (χ3v) is 3.82. The van der Waals surface area contributed by atoms with Crippen LogP contribution in [0.1, 0.15) is 36.5 Å². The highest BCUT2D eigenvalue weighted by atomic mass is 16.4. The second kappa shape index (κ2) is 4.78. The van der Waals surface area contributed by atoms with Crippen molar-refractivity contribution in [1.82, 2.24) is 0 Å². The van der Waals surface area contributed by atoms with Gasteiger partial charge in [-0.05, 0) is 36.1 Å². The number of benzene rings is 1. The largest absolute Gasteiger partial charge is 0.507 e. The Balaban J connectivity index is 2.32. The van der Waals surface area contributed by atoms with Crippen LogP contribution in [-0.4, -0.2) is 10.9 Å². The Morgan fingerprint density at radius 3 is 2.75 bits per heavy atom. The van der Waals surface area contributed by atoms with E-state index in [0.717, 1.165) is 18.4 Å². The fourth-order valence-corrected chi connectivity index (χ4v) is 2.91. The topological polar surface area (TPSA) is 67.5 Å². The first-order valence-corrected chi connectivity index (χ1v) is 6.92. The Morgan fingerprint density at radius 1 is 1.20 bits per heavy atom. The summed E-state index contributed by atoms with van der Waals surface area (Å²) in [5, 5.41) is 10.8. The molecule has 0 atom stereocenters. The second-order valence-corrected chi connectivity index (χ2v) is 5.30. The van der Waals surface area contributed by atoms with Crippen molar-refractivity contribution in [3.8, 4) is 5.75 Å². The summed E-state index contributed by atoms with van der Waals surface area (Å²) in [6, 6.07) is 3.49. The quantitative estimate of drug-likeness (QED) is 0.853. The maximum absolute atomic E-state index is 12.0. The Morgan fingerprint density at radius 2 is 2.00 bits per heavy atom. The van der Waals surface area contributed by atoms with Crippen molar-refractivity contribution in [2.75, 3.05) is 0 Å². The van der Waals surface area contributed by atoms with E-state index in [1.165, 1.54) is 0 Å². The molecule has 4 heteroatoms. The molecule has 1 aromatic heterocycles. The summed E-state index contributed by atoms with van der Waals surface area (Å²) in [5.41, 5.74) is 2.12. The average molecular weight is 272 g/mol. The van der Waals surface area contributed by atoms with Gasteiger partial charge in [-0.1, -0.05) is 13.3 Å². The van der Waals surface area contributed by atoms with Gasteiger partial charge in [0.05, 0.1) is 5.39 Å². The fourth-order valence-electron chi connectivity index (χ4n) is 2.91. The molecule has 1 N–H and O–H groups in total. The highest BCUT2D eigenvalue weighted by Gasteiger charge is 2.24. The van der Waals surface area contributed by atoms with Crippen LogP contribution in [0, 0.1) is 0 Å². The number of hydrogen-bond donors (Lipinski definition) is 1. The van der Waals surface area contributed by atoms with Crippen molar-refractivity contribution in [3.63, 3.8) is 0 Å². The van der Waals surface area contributed by atoms with E-state index in [1.54, 1.807) is 12.1 Å². The number of rotatable bonds is 2. The molecule has 0 spiro atoms. The molecule has 0 aliphatic heterocycles. The van der Waals surface area contributed by atoms with Gasteiger partial charge in [0, 0.05) is 18.4 Å². The molecule has 20 heavy (non-hydrogen) atoms. The molecule has 4 nitrogen and oxygen atoms in total. The fraction of sp³-hybridized carbons (Fsp3) is 0.375. The van der Waals surface area contributed by atoms with Crippen LogP contribution in [0.2, 0.25) is 0 Å². The van der Waals surface area contributed by atoms with E-state index in [2.05, 4.69) is 0 Å². The minimum absolute atomic E-state index is 0.0978. The molecular weight excluding hydrogens is 256 g/mol. The summed E-state index contributed by atoms with van der Waals surface area (Å²) in [6.07, 6.45) is 2.74. The summed E-state index contributed by atoms with van der Waals surface area (Å²) in [4.78, 5) is 23.7. The predicted octanol–water partition coefficient (Wildman–Crippen LogP) is 2.51. The lowest BCUT2D eigenvalue weighted by atomic mass is 9.89. The summed E-state index contributed by atoms with van der Waals surface area (Å²) < 4.78 is 5.34. The van der Waals surface area contributed by atoms with E-state index in [1.807, 2.05) is 6.92 Å². The van der Waals surface area contributed by atoms with Gasteiger partial charge in [-0.25, -0.2) is 4.79 Å². The standard InChI is InChI=1S/C16H16O4/c1-2-3-9-6-13(18)15-12-8-10(17)4-5-11(12)16(19)20-14(15)7-9/h6-7,18H,2-5,8H2,1H3. The average Bonchev–Trinajstić information content (AvgIpc) is 2.38. The Bertz CT molecular complexity index is 755. The SMILES string of the molecule is CCCc1cc(O)c2c3c(c(=O)oc2c1)CCC(=O)C3. The summed E-state index contributed by atoms with van der Waals surface area (Å²) in [7, 11) is 0. The van der Waals surface area contributed by atoms with Crippen LogP contribution in [0.15, 0.2) is 21.3 Å². The molecule has 0 amide bonds. The maximum atomic E-state index is 12.0. The van der Waals surface area contributed by atoms with Crippen molar-refractivity contribution < 1.29 is 14.3 Å². The summed E-state index contributed by atoms with van der Waals surface area (Å²) >= 11 is 0. The minimum atomic E-state index is -0.381. The minimum Gasteiger partial charge on any atom is -0.507 e. The molecule has 1 aliphatic rings. The van der Waals surface area contributed by atoms with Crippen LogP contribution in [0.4, 0.5) is 0 Å². The Kier molecular flexibility index (Phi) is 3.08. The van der Waals surface area contributed by atoms with Crippen LogP contribution in [0.5, 0.6) is 5.75 Å². The number of phenolic OH excluding ortho intramolecular Hbond substituents is 1. The van der Waals surface area contributed by atoms with E-state index in [-0.39, 0.29) is 23.6 Å². The lowest BCUT2D eigenvalue weighted by molar-refractivity contribution is -0.118. The first-order chi connectivity index (χ1) is 9.60. The van der Waals surface area contributed by atoms with Gasteiger partial charge >= 0.3 is 5.63 Å². The third kappa shape index (κ3) is 2.01. The van der Waals surface area contributed by atoms with E-state index in [0.29, 0.717) is 34.9 Å². The zero-order valence-corrected chi connectivity index (χ0v) is 11.4. The van der Waals surface area contributed by atoms with Crippen LogP contribution in [0.3, 0.4) is 0 Å². The molecule has 0 radical (unpaired) electrons. The van der Waals surface area contributed by atoms with E-state index in [9.17, 15) is 14.7 Å². The zero-order chi connectivity index (χ0) is 14.3. The smallest absolute Gasteiger partial charge is 0.339 e. The molecule has 3 rings (SSSR count). The third-order valence-electron chi connectivity index (χ3n) is 3.82. The monoisotopic (exact) mass is 272 g/mol. The van der Waals surface area contributed by atoms with Crippen LogP contribution in [-0.2, 0) is 24.1 Å². The molecule has 1 heterocycles. The Hall–Kier alpha value is -2.10. The number of Topliss-reactive ketones (excluding diaryl/α,β-unsaturated/α-hetero) is 1. The lowest BCUT2D eigenvalue weighted by Crippen LogP contribution is -2.21. The van der Waals surface area contributed by atoms with Gasteiger partial charge in [-0.3, -0.25) is 4.79 Å². The maximum Gasteiger partial charge on any atom is 0.339 e. The summed E-state index contributed by atoms with van der Waals surface area (Å²) in [6.45, 7) is 2.04.